The van der Waals surface area contributed by atoms with Crippen LogP contribution in [0.1, 0.15) is 93.4 Å². The number of hydrogen-bond acceptors (Lipinski definition) is 14. The predicted octanol–water partition coefficient (Wildman–Crippen LogP) is 4.58. The lowest BCUT2D eigenvalue weighted by Crippen LogP contribution is -2.58. The molecule has 19 atom stereocenters. The minimum atomic E-state index is -1.81. The number of fused-ring (bicyclic) bond motifs is 2. The molecular formula is C45H68O14. The molecule has 7 rings (SSSR count). The van der Waals surface area contributed by atoms with Crippen LogP contribution in [-0.4, -0.2) is 139 Å². The van der Waals surface area contributed by atoms with Crippen molar-refractivity contribution >= 4 is 5.97 Å². The van der Waals surface area contributed by atoms with Crippen LogP contribution in [0.2, 0.25) is 0 Å². The third kappa shape index (κ3) is 9.21. The molecule has 1 aliphatic carbocycles. The molecule has 6 aliphatic heterocycles. The van der Waals surface area contributed by atoms with Gasteiger partial charge >= 0.3 is 5.97 Å². The minimum Gasteiger partial charge on any atom is -0.462 e. The largest absolute Gasteiger partial charge is 0.462 e. The second-order valence-electron chi connectivity index (χ2n) is 18.2. The van der Waals surface area contributed by atoms with E-state index in [4.69, 9.17) is 47.4 Å². The number of hydrogen-bond donors (Lipinski definition) is 3. The molecule has 3 N–H and O–H groups in total. The average molecular weight is 833 g/mol. The van der Waals surface area contributed by atoms with Crippen LogP contribution < -0.4 is 0 Å². The molecule has 19 unspecified atom stereocenters. The average Bonchev–Trinajstić information content (AvgIpc) is 3.53. The van der Waals surface area contributed by atoms with Crippen LogP contribution >= 0.6 is 0 Å². The van der Waals surface area contributed by atoms with Crippen LogP contribution in [0, 0.1) is 17.8 Å². The van der Waals surface area contributed by atoms with Crippen molar-refractivity contribution in [3.63, 3.8) is 0 Å². The fourth-order valence-corrected chi connectivity index (χ4v) is 10.2. The molecule has 5 fully saturated rings. The van der Waals surface area contributed by atoms with Crippen molar-refractivity contribution in [2.45, 2.75) is 191 Å². The van der Waals surface area contributed by atoms with E-state index in [1.807, 2.05) is 26.0 Å². The number of aliphatic hydroxyl groups is 3. The van der Waals surface area contributed by atoms with Crippen molar-refractivity contribution in [1.82, 2.24) is 0 Å². The Hall–Kier alpha value is -2.05. The molecule has 332 valence electrons. The fourth-order valence-electron chi connectivity index (χ4n) is 10.2. The van der Waals surface area contributed by atoms with Gasteiger partial charge in [0.1, 0.15) is 42.0 Å². The summed E-state index contributed by atoms with van der Waals surface area (Å²) in [6.45, 7) is 13.9. The molecule has 1 spiro atoms. The highest BCUT2D eigenvalue weighted by atomic mass is 16.7. The lowest BCUT2D eigenvalue weighted by molar-refractivity contribution is -0.332. The first-order chi connectivity index (χ1) is 28.0. The minimum absolute atomic E-state index is 0.0395. The molecule has 59 heavy (non-hydrogen) atoms. The number of methoxy groups -OCH3 is 2. The summed E-state index contributed by atoms with van der Waals surface area (Å²) in [5.74, 6) is -2.39. The first-order valence-electron chi connectivity index (χ1n) is 21.7. The quantitative estimate of drug-likeness (QED) is 0.251. The molecule has 2 bridgehead atoms. The summed E-state index contributed by atoms with van der Waals surface area (Å²) in [5, 5.41) is 34.1. The molecule has 7 aliphatic rings. The van der Waals surface area contributed by atoms with E-state index in [0.717, 1.165) is 12.0 Å². The zero-order valence-corrected chi connectivity index (χ0v) is 36.2. The molecular weight excluding hydrogens is 764 g/mol. The summed E-state index contributed by atoms with van der Waals surface area (Å²) >= 11 is 0. The smallest absolute Gasteiger partial charge is 0.316 e. The van der Waals surface area contributed by atoms with Crippen molar-refractivity contribution in [3.8, 4) is 0 Å². The maximum atomic E-state index is 14.2. The Morgan fingerprint density at radius 2 is 1.56 bits per heavy atom. The summed E-state index contributed by atoms with van der Waals surface area (Å²) in [7, 11) is 3.22. The molecule has 0 radical (unpaired) electrons. The SMILES string of the molecule is COC1CC(OC2C(C)OC(OC3C(C)=CCC4CC(CC5(CCC(C)C(C)O5)O4)OC(=O)C4C=C(C)C(O)C5OCC(=CC=CC3C)C45O)CC2OC)OC(C)C1O. The zero-order chi connectivity index (χ0) is 42.4. The van der Waals surface area contributed by atoms with Gasteiger partial charge in [0.25, 0.3) is 0 Å². The Bertz CT molecular complexity index is 1610. The fraction of sp³-hybridized carbons (Fsp3) is 0.800. The molecule has 0 aromatic carbocycles. The van der Waals surface area contributed by atoms with Gasteiger partial charge < -0.3 is 62.7 Å². The highest BCUT2D eigenvalue weighted by molar-refractivity contribution is 5.78. The summed E-state index contributed by atoms with van der Waals surface area (Å²) in [6.07, 6.45) is 5.52. The maximum Gasteiger partial charge on any atom is 0.316 e. The van der Waals surface area contributed by atoms with Crippen LogP contribution in [-0.2, 0) is 52.2 Å². The summed E-state index contributed by atoms with van der Waals surface area (Å²) in [6, 6.07) is 0. The first-order valence-corrected chi connectivity index (χ1v) is 21.7. The second-order valence-corrected chi connectivity index (χ2v) is 18.2. The van der Waals surface area contributed by atoms with Crippen molar-refractivity contribution in [2.75, 3.05) is 20.8 Å². The number of carbonyl (C=O) groups is 1. The summed E-state index contributed by atoms with van der Waals surface area (Å²) in [5.41, 5.74) is 0.186. The van der Waals surface area contributed by atoms with Crippen LogP contribution in [0.5, 0.6) is 0 Å². The van der Waals surface area contributed by atoms with E-state index in [1.54, 1.807) is 40.2 Å². The normalized spacial score (nSPS) is 48.4. The van der Waals surface area contributed by atoms with Gasteiger partial charge in [0, 0.05) is 52.2 Å². The number of rotatable bonds is 6. The molecule has 0 aromatic rings. The van der Waals surface area contributed by atoms with Crippen LogP contribution in [0.15, 0.2) is 47.1 Å². The lowest BCUT2D eigenvalue weighted by atomic mass is 9.71. The molecule has 14 nitrogen and oxygen atoms in total. The Morgan fingerprint density at radius 1 is 0.847 bits per heavy atom. The van der Waals surface area contributed by atoms with Gasteiger partial charge in [-0.05, 0) is 70.1 Å². The van der Waals surface area contributed by atoms with Gasteiger partial charge in [-0.3, -0.25) is 4.79 Å². The first kappa shape index (κ1) is 45.0. The van der Waals surface area contributed by atoms with E-state index in [2.05, 4.69) is 26.8 Å². The number of esters is 1. The number of aliphatic hydroxyl groups excluding tert-OH is 2. The van der Waals surface area contributed by atoms with E-state index in [1.165, 1.54) is 0 Å². The molecule has 5 saturated heterocycles. The standard InChI is InChI=1S/C45H68O14/c1-23-15-16-44(58-27(23)5)21-32-18-31(59-44)14-13-25(3)40(24(2)11-10-12-30-22-52-42-38(46)26(4)17-33(43(48)55-32)45(30,42)49)56-37-20-35(51-9)41(29(7)54-37)57-36-19-34(50-8)39(47)28(6)53-36/h10-13,17,23-24,27-29,31-42,46-47,49H,14-16,18-22H2,1-9H3. The third-order valence-electron chi connectivity index (χ3n) is 14.0. The monoisotopic (exact) mass is 832 g/mol. The third-order valence-corrected chi connectivity index (χ3v) is 14.0. The second kappa shape index (κ2) is 18.4. The predicted molar refractivity (Wildman–Crippen MR) is 214 cm³/mol. The molecule has 0 amide bonds. The van der Waals surface area contributed by atoms with Crippen molar-refractivity contribution in [3.05, 3.63) is 47.1 Å². The van der Waals surface area contributed by atoms with Crippen LogP contribution in [0.4, 0.5) is 0 Å². The molecule has 14 heteroatoms. The van der Waals surface area contributed by atoms with Crippen molar-refractivity contribution in [2.24, 2.45) is 17.8 Å². The van der Waals surface area contributed by atoms with Gasteiger partial charge in [0.2, 0.25) is 0 Å². The summed E-state index contributed by atoms with van der Waals surface area (Å²) in [4.78, 5) is 14.2. The van der Waals surface area contributed by atoms with Crippen LogP contribution in [0.25, 0.3) is 0 Å². The zero-order valence-electron chi connectivity index (χ0n) is 36.2. The van der Waals surface area contributed by atoms with Gasteiger partial charge in [-0.1, -0.05) is 44.2 Å². The maximum absolute atomic E-state index is 14.2. The van der Waals surface area contributed by atoms with Gasteiger partial charge in [0.15, 0.2) is 18.4 Å². The molecule has 0 saturated carbocycles. The summed E-state index contributed by atoms with van der Waals surface area (Å²) < 4.78 is 63.2. The van der Waals surface area contributed by atoms with Crippen molar-refractivity contribution in [1.29, 1.82) is 0 Å². The van der Waals surface area contributed by atoms with Crippen molar-refractivity contribution < 1.29 is 67.5 Å². The Kier molecular flexibility index (Phi) is 14.0. The van der Waals surface area contributed by atoms with E-state index in [0.29, 0.717) is 55.6 Å². The van der Waals surface area contributed by atoms with E-state index >= 15 is 0 Å². The molecule has 6 heterocycles. The number of allylic oxidation sites excluding steroid dienone is 2. The van der Waals surface area contributed by atoms with Gasteiger partial charge in [-0.2, -0.15) is 0 Å². The van der Waals surface area contributed by atoms with E-state index < -0.39 is 90.8 Å². The highest BCUT2D eigenvalue weighted by Crippen LogP contribution is 2.47. The van der Waals surface area contributed by atoms with E-state index in [-0.39, 0.29) is 30.8 Å². The highest BCUT2D eigenvalue weighted by Gasteiger charge is 2.60. The number of ether oxygens (including phenoxy) is 10. The van der Waals surface area contributed by atoms with Gasteiger partial charge in [-0.25, -0.2) is 0 Å². The van der Waals surface area contributed by atoms with Gasteiger partial charge in [0.05, 0.1) is 49.3 Å². The van der Waals surface area contributed by atoms with Gasteiger partial charge in [-0.15, -0.1) is 0 Å². The Balaban J connectivity index is 1.16. The topological polar surface area (TPSA) is 170 Å². The van der Waals surface area contributed by atoms with E-state index in [9.17, 15) is 20.1 Å². The Labute approximate surface area is 349 Å². The number of carbonyl (C=O) groups excluding carboxylic acids is 1. The lowest BCUT2D eigenvalue weighted by Gasteiger charge is -2.49. The molecule has 0 aromatic heterocycles. The van der Waals surface area contributed by atoms with Crippen LogP contribution in [0.3, 0.4) is 0 Å². The Morgan fingerprint density at radius 3 is 2.29 bits per heavy atom.